The highest BCUT2D eigenvalue weighted by Crippen LogP contribution is 2.24. The summed E-state index contributed by atoms with van der Waals surface area (Å²) in [4.78, 5) is 27.6. The maximum atomic E-state index is 12.7. The number of anilines is 1. The van der Waals surface area contributed by atoms with Crippen molar-refractivity contribution < 1.29 is 8.42 Å². The van der Waals surface area contributed by atoms with Gasteiger partial charge in [-0.2, -0.15) is 12.7 Å². The fraction of sp³-hybridized carbons (Fsp3) is 0.692. The molecule has 8 nitrogen and oxygen atoms in total. The molecular weight excluding hydrogens is 308 g/mol. The van der Waals surface area contributed by atoms with Crippen LogP contribution in [0, 0.1) is 12.8 Å². The molecule has 1 saturated heterocycles. The van der Waals surface area contributed by atoms with E-state index in [0.717, 1.165) is 23.6 Å². The third kappa shape index (κ3) is 3.09. The quantitative estimate of drug-likeness (QED) is 0.821. The lowest BCUT2D eigenvalue weighted by Gasteiger charge is -2.33. The Bertz CT molecular complexity index is 744. The minimum absolute atomic E-state index is 0.0581. The van der Waals surface area contributed by atoms with Crippen LogP contribution in [-0.2, 0) is 10.2 Å². The van der Waals surface area contributed by atoms with Gasteiger partial charge in [-0.25, -0.2) is 4.79 Å². The van der Waals surface area contributed by atoms with Gasteiger partial charge in [-0.1, -0.05) is 13.3 Å². The van der Waals surface area contributed by atoms with Crippen molar-refractivity contribution in [3.8, 4) is 0 Å². The van der Waals surface area contributed by atoms with Gasteiger partial charge in [0.1, 0.15) is 5.69 Å². The Morgan fingerprint density at radius 1 is 1.23 bits per heavy atom. The van der Waals surface area contributed by atoms with Crippen LogP contribution in [0.1, 0.15) is 31.9 Å². The van der Waals surface area contributed by atoms with E-state index in [9.17, 15) is 18.0 Å². The number of rotatable bonds is 4. The van der Waals surface area contributed by atoms with E-state index in [1.807, 2.05) is 0 Å². The molecule has 1 fully saturated rings. The summed E-state index contributed by atoms with van der Waals surface area (Å²) in [6.45, 7) is 4.50. The van der Waals surface area contributed by atoms with Gasteiger partial charge in [-0.3, -0.25) is 14.1 Å². The lowest BCUT2D eigenvalue weighted by atomic mass is 9.96. The number of aryl methyl sites for hydroxylation is 1. The molecule has 1 aromatic rings. The second-order valence-corrected chi connectivity index (χ2v) is 7.57. The molecule has 2 rings (SSSR count). The van der Waals surface area contributed by atoms with E-state index in [1.54, 1.807) is 0 Å². The number of aromatic amines is 2. The van der Waals surface area contributed by atoms with Crippen molar-refractivity contribution in [3.63, 3.8) is 0 Å². The van der Waals surface area contributed by atoms with Gasteiger partial charge in [0.25, 0.3) is 5.56 Å². The highest BCUT2D eigenvalue weighted by Gasteiger charge is 2.32. The Labute approximate surface area is 129 Å². The maximum absolute atomic E-state index is 12.7. The standard InChI is InChI=1S/C13H22N4O4S/c1-4-10-5-7-17(8-6-10)22(20,21)16(3)11-9(2)14-13(19)15-12(11)18/h10H,4-8H2,1-3H3,(H2,14,15,18,19). The van der Waals surface area contributed by atoms with E-state index in [2.05, 4.69) is 16.9 Å². The largest absolute Gasteiger partial charge is 0.326 e. The van der Waals surface area contributed by atoms with Gasteiger partial charge in [0.15, 0.2) is 0 Å². The Morgan fingerprint density at radius 2 is 1.82 bits per heavy atom. The van der Waals surface area contributed by atoms with Crippen molar-refractivity contribution in [3.05, 3.63) is 26.5 Å². The van der Waals surface area contributed by atoms with Crippen LogP contribution < -0.4 is 15.6 Å². The summed E-state index contributed by atoms with van der Waals surface area (Å²) in [5.74, 6) is 0.551. The highest BCUT2D eigenvalue weighted by atomic mass is 32.2. The molecule has 0 atom stereocenters. The molecule has 0 bridgehead atoms. The van der Waals surface area contributed by atoms with E-state index in [0.29, 0.717) is 19.0 Å². The molecule has 2 N–H and O–H groups in total. The fourth-order valence-electron chi connectivity index (χ4n) is 2.81. The van der Waals surface area contributed by atoms with Crippen LogP contribution in [0.2, 0.25) is 0 Å². The summed E-state index contributed by atoms with van der Waals surface area (Å²) in [7, 11) is -2.45. The van der Waals surface area contributed by atoms with Gasteiger partial charge >= 0.3 is 15.9 Å². The molecular formula is C13H22N4O4S. The third-order valence-electron chi connectivity index (χ3n) is 4.24. The van der Waals surface area contributed by atoms with E-state index >= 15 is 0 Å². The van der Waals surface area contributed by atoms with Crippen LogP contribution in [0.3, 0.4) is 0 Å². The highest BCUT2D eigenvalue weighted by molar-refractivity contribution is 7.90. The number of hydrogen-bond acceptors (Lipinski definition) is 4. The zero-order valence-electron chi connectivity index (χ0n) is 13.0. The molecule has 22 heavy (non-hydrogen) atoms. The lowest BCUT2D eigenvalue weighted by Crippen LogP contribution is -2.47. The van der Waals surface area contributed by atoms with E-state index < -0.39 is 21.5 Å². The maximum Gasteiger partial charge on any atom is 0.326 e. The van der Waals surface area contributed by atoms with Crippen molar-refractivity contribution >= 4 is 15.9 Å². The van der Waals surface area contributed by atoms with Crippen LogP contribution in [0.15, 0.2) is 9.59 Å². The Morgan fingerprint density at radius 3 is 2.32 bits per heavy atom. The predicted molar refractivity (Wildman–Crippen MR) is 84.3 cm³/mol. The molecule has 2 heterocycles. The molecule has 0 aliphatic carbocycles. The molecule has 1 aliphatic heterocycles. The van der Waals surface area contributed by atoms with Gasteiger partial charge in [0.2, 0.25) is 0 Å². The summed E-state index contributed by atoms with van der Waals surface area (Å²) in [5, 5.41) is 0. The number of piperidine rings is 1. The molecule has 0 radical (unpaired) electrons. The zero-order valence-corrected chi connectivity index (χ0v) is 13.9. The second kappa shape index (κ2) is 6.25. The number of hydrogen-bond donors (Lipinski definition) is 2. The molecule has 0 unspecified atom stereocenters. The first kappa shape index (κ1) is 16.8. The zero-order chi connectivity index (χ0) is 16.5. The summed E-state index contributed by atoms with van der Waals surface area (Å²) < 4.78 is 27.7. The minimum Gasteiger partial charge on any atom is -0.309 e. The number of nitrogens with zero attached hydrogens (tertiary/aromatic N) is 2. The first-order valence-electron chi connectivity index (χ1n) is 7.34. The number of aromatic nitrogens is 2. The Hall–Kier alpha value is -1.61. The summed E-state index contributed by atoms with van der Waals surface area (Å²) in [6.07, 6.45) is 2.69. The van der Waals surface area contributed by atoms with Crippen molar-refractivity contribution in [1.29, 1.82) is 0 Å². The molecule has 0 spiro atoms. The Balaban J connectivity index is 2.31. The number of nitrogens with one attached hydrogen (secondary N) is 2. The van der Waals surface area contributed by atoms with E-state index in [4.69, 9.17) is 0 Å². The average Bonchev–Trinajstić information content (AvgIpc) is 2.46. The van der Waals surface area contributed by atoms with Crippen LogP contribution in [-0.4, -0.2) is 42.8 Å². The molecule has 0 amide bonds. The van der Waals surface area contributed by atoms with E-state index in [-0.39, 0.29) is 11.4 Å². The normalized spacial score (nSPS) is 17.6. The van der Waals surface area contributed by atoms with Crippen molar-refractivity contribution in [1.82, 2.24) is 14.3 Å². The Kier molecular flexibility index (Phi) is 4.76. The van der Waals surface area contributed by atoms with Crippen LogP contribution in [0.4, 0.5) is 5.69 Å². The molecule has 124 valence electrons. The van der Waals surface area contributed by atoms with Crippen molar-refractivity contribution in [2.24, 2.45) is 5.92 Å². The average molecular weight is 330 g/mol. The predicted octanol–water partition coefficient (Wildman–Crippen LogP) is 0.175. The summed E-state index contributed by atoms with van der Waals surface area (Å²) >= 11 is 0. The summed E-state index contributed by atoms with van der Waals surface area (Å²) in [6, 6.07) is 0. The van der Waals surface area contributed by atoms with Crippen molar-refractivity contribution in [2.45, 2.75) is 33.1 Å². The molecule has 0 aromatic carbocycles. The van der Waals surface area contributed by atoms with Gasteiger partial charge < -0.3 is 4.98 Å². The smallest absolute Gasteiger partial charge is 0.309 e. The fourth-order valence-corrected chi connectivity index (χ4v) is 4.28. The van der Waals surface area contributed by atoms with Gasteiger partial charge in [-0.15, -0.1) is 0 Å². The first-order chi connectivity index (χ1) is 10.3. The number of H-pyrrole nitrogens is 2. The SMILES string of the molecule is CCC1CCN(S(=O)(=O)N(C)c2c(C)[nH]c(=O)[nH]c2=O)CC1. The first-order valence-corrected chi connectivity index (χ1v) is 8.74. The lowest BCUT2D eigenvalue weighted by molar-refractivity contribution is 0.268. The second-order valence-electron chi connectivity index (χ2n) is 5.61. The molecule has 1 aliphatic rings. The van der Waals surface area contributed by atoms with Crippen LogP contribution >= 0.6 is 0 Å². The summed E-state index contributed by atoms with van der Waals surface area (Å²) in [5.41, 5.74) is -1.20. The third-order valence-corrected chi connectivity index (χ3v) is 6.13. The van der Waals surface area contributed by atoms with Gasteiger partial charge in [-0.05, 0) is 25.7 Å². The van der Waals surface area contributed by atoms with E-state index in [1.165, 1.54) is 18.3 Å². The van der Waals surface area contributed by atoms with Crippen LogP contribution in [0.25, 0.3) is 0 Å². The van der Waals surface area contributed by atoms with Gasteiger partial charge in [0.05, 0.1) is 0 Å². The van der Waals surface area contributed by atoms with Crippen molar-refractivity contribution in [2.75, 3.05) is 24.4 Å². The minimum atomic E-state index is -3.78. The topological polar surface area (TPSA) is 106 Å². The molecule has 1 aromatic heterocycles. The monoisotopic (exact) mass is 330 g/mol. The molecule has 0 saturated carbocycles. The van der Waals surface area contributed by atoms with Gasteiger partial charge in [0, 0.05) is 25.8 Å². The molecule has 9 heteroatoms. The van der Waals surface area contributed by atoms with Crippen LogP contribution in [0.5, 0.6) is 0 Å².